The van der Waals surface area contributed by atoms with Crippen LogP contribution in [0.5, 0.6) is 0 Å². The van der Waals surface area contributed by atoms with E-state index in [-0.39, 0.29) is 18.6 Å². The van der Waals surface area contributed by atoms with Crippen LogP contribution in [0, 0.1) is 6.92 Å². The van der Waals surface area contributed by atoms with Gasteiger partial charge in [0.25, 0.3) is 0 Å². The molecule has 1 aromatic heterocycles. The van der Waals surface area contributed by atoms with Crippen molar-refractivity contribution in [2.75, 3.05) is 0 Å². The van der Waals surface area contributed by atoms with Gasteiger partial charge in [-0.05, 0) is 23.9 Å². The molecule has 0 fully saturated rings. The molecule has 0 atom stereocenters. The van der Waals surface area contributed by atoms with E-state index in [9.17, 15) is 13.6 Å². The minimum Gasteiger partial charge on any atom is -0.293 e. The first-order valence-corrected chi connectivity index (χ1v) is 4.84. The number of halogens is 2. The SMILES string of the molecule is Cc1csc(C(=O)CCC(F)F)c1. The number of alkyl halides is 2. The normalized spacial score (nSPS) is 10.8. The van der Waals surface area contributed by atoms with Crippen LogP contribution in [0.15, 0.2) is 11.4 Å². The molecular weight excluding hydrogens is 194 g/mol. The molecule has 0 aliphatic carbocycles. The summed E-state index contributed by atoms with van der Waals surface area (Å²) in [4.78, 5) is 11.8. The van der Waals surface area contributed by atoms with Gasteiger partial charge in [0.1, 0.15) is 0 Å². The first-order valence-electron chi connectivity index (χ1n) is 3.96. The average molecular weight is 204 g/mol. The van der Waals surface area contributed by atoms with Crippen molar-refractivity contribution in [2.45, 2.75) is 26.2 Å². The number of aryl methyl sites for hydroxylation is 1. The highest BCUT2D eigenvalue weighted by atomic mass is 32.1. The topological polar surface area (TPSA) is 17.1 Å². The Kier molecular flexibility index (Phi) is 3.54. The van der Waals surface area contributed by atoms with E-state index in [0.29, 0.717) is 4.88 Å². The molecule has 1 nitrogen and oxygen atoms in total. The van der Waals surface area contributed by atoms with Crippen LogP contribution in [0.25, 0.3) is 0 Å². The second kappa shape index (κ2) is 4.46. The maximum atomic E-state index is 11.8. The molecule has 72 valence electrons. The van der Waals surface area contributed by atoms with Gasteiger partial charge >= 0.3 is 0 Å². The van der Waals surface area contributed by atoms with Crippen molar-refractivity contribution in [1.29, 1.82) is 0 Å². The fourth-order valence-electron chi connectivity index (χ4n) is 0.941. The molecule has 0 aromatic carbocycles. The molecule has 0 amide bonds. The summed E-state index contributed by atoms with van der Waals surface area (Å²) in [6, 6.07) is 1.73. The Bertz CT molecular complexity index is 294. The lowest BCUT2D eigenvalue weighted by atomic mass is 10.2. The number of thiophene rings is 1. The molecule has 0 bridgehead atoms. The lowest BCUT2D eigenvalue weighted by molar-refractivity contribution is 0.0913. The van der Waals surface area contributed by atoms with Gasteiger partial charge < -0.3 is 0 Å². The third-order valence-electron chi connectivity index (χ3n) is 1.59. The molecule has 1 rings (SSSR count). The smallest absolute Gasteiger partial charge is 0.239 e. The standard InChI is InChI=1S/C9H10F2OS/c1-6-4-8(13-5-6)7(12)2-3-9(10)11/h4-5,9H,2-3H2,1H3. The Labute approximate surface area is 79.4 Å². The summed E-state index contributed by atoms with van der Waals surface area (Å²) in [6.45, 7) is 1.88. The first kappa shape index (κ1) is 10.3. The number of Topliss-reactive ketones (excluding diaryl/α,β-unsaturated/α-hetero) is 1. The van der Waals surface area contributed by atoms with Gasteiger partial charge in [0, 0.05) is 12.8 Å². The number of rotatable bonds is 4. The minimum absolute atomic E-state index is 0.0579. The van der Waals surface area contributed by atoms with E-state index in [1.165, 1.54) is 11.3 Å². The molecule has 0 unspecified atom stereocenters. The lowest BCUT2D eigenvalue weighted by Crippen LogP contribution is -1.99. The number of hydrogen-bond donors (Lipinski definition) is 0. The zero-order valence-electron chi connectivity index (χ0n) is 7.22. The molecule has 1 heterocycles. The van der Waals surface area contributed by atoms with Crippen LogP contribution >= 0.6 is 11.3 Å². The van der Waals surface area contributed by atoms with Crippen LogP contribution in [0.2, 0.25) is 0 Å². The van der Waals surface area contributed by atoms with E-state index in [0.717, 1.165) is 5.56 Å². The summed E-state index contributed by atoms with van der Waals surface area (Å²) in [5.41, 5.74) is 1.00. The highest BCUT2D eigenvalue weighted by molar-refractivity contribution is 7.12. The molecule has 0 aliphatic heterocycles. The van der Waals surface area contributed by atoms with E-state index in [2.05, 4.69) is 0 Å². The van der Waals surface area contributed by atoms with Gasteiger partial charge in [-0.15, -0.1) is 11.3 Å². The summed E-state index contributed by atoms with van der Waals surface area (Å²) < 4.78 is 23.5. The molecule has 0 spiro atoms. The van der Waals surface area contributed by atoms with Crippen molar-refractivity contribution in [3.05, 3.63) is 21.9 Å². The van der Waals surface area contributed by atoms with Crippen LogP contribution in [-0.2, 0) is 0 Å². The monoisotopic (exact) mass is 204 g/mol. The zero-order chi connectivity index (χ0) is 9.84. The van der Waals surface area contributed by atoms with Gasteiger partial charge in [-0.3, -0.25) is 4.79 Å². The Hall–Kier alpha value is -0.770. The molecular formula is C9H10F2OS. The molecule has 0 aliphatic rings. The van der Waals surface area contributed by atoms with E-state index in [4.69, 9.17) is 0 Å². The van der Waals surface area contributed by atoms with Crippen LogP contribution < -0.4 is 0 Å². The number of carbonyl (C=O) groups is 1. The molecule has 0 saturated carbocycles. The number of hydrogen-bond acceptors (Lipinski definition) is 2. The second-order valence-electron chi connectivity index (χ2n) is 2.84. The Morgan fingerprint density at radius 3 is 2.77 bits per heavy atom. The molecule has 0 saturated heterocycles. The Balaban J connectivity index is 2.49. The van der Waals surface area contributed by atoms with Gasteiger partial charge in [0.05, 0.1) is 4.88 Å². The predicted octanol–water partition coefficient (Wildman–Crippen LogP) is 3.28. The molecule has 0 radical (unpaired) electrons. The fraction of sp³-hybridized carbons (Fsp3) is 0.444. The van der Waals surface area contributed by atoms with Crippen molar-refractivity contribution in [1.82, 2.24) is 0 Å². The van der Waals surface area contributed by atoms with Gasteiger partial charge in [0.2, 0.25) is 6.43 Å². The maximum absolute atomic E-state index is 11.8. The molecule has 13 heavy (non-hydrogen) atoms. The maximum Gasteiger partial charge on any atom is 0.239 e. The van der Waals surface area contributed by atoms with Gasteiger partial charge in [-0.1, -0.05) is 0 Å². The van der Waals surface area contributed by atoms with Gasteiger partial charge in [0.15, 0.2) is 5.78 Å². The fourth-order valence-corrected chi connectivity index (χ4v) is 1.81. The van der Waals surface area contributed by atoms with Crippen LogP contribution in [0.4, 0.5) is 8.78 Å². The average Bonchev–Trinajstić information content (AvgIpc) is 2.47. The summed E-state index contributed by atoms with van der Waals surface area (Å²) in [5.74, 6) is -0.182. The highest BCUT2D eigenvalue weighted by Gasteiger charge is 2.11. The second-order valence-corrected chi connectivity index (χ2v) is 3.75. The minimum atomic E-state index is -2.38. The summed E-state index contributed by atoms with van der Waals surface area (Å²) in [7, 11) is 0. The Morgan fingerprint density at radius 1 is 1.62 bits per heavy atom. The zero-order valence-corrected chi connectivity index (χ0v) is 8.04. The number of carbonyl (C=O) groups excluding carboxylic acids is 1. The summed E-state index contributed by atoms with van der Waals surface area (Å²) in [5, 5.41) is 1.84. The predicted molar refractivity (Wildman–Crippen MR) is 48.6 cm³/mol. The quantitative estimate of drug-likeness (QED) is 0.688. The first-order chi connectivity index (χ1) is 6.09. The van der Waals surface area contributed by atoms with Crippen molar-refractivity contribution < 1.29 is 13.6 Å². The largest absolute Gasteiger partial charge is 0.293 e. The van der Waals surface area contributed by atoms with Crippen molar-refractivity contribution >= 4 is 17.1 Å². The van der Waals surface area contributed by atoms with Crippen LogP contribution in [0.1, 0.15) is 28.1 Å². The van der Waals surface area contributed by atoms with Crippen LogP contribution in [-0.4, -0.2) is 12.2 Å². The van der Waals surface area contributed by atoms with Gasteiger partial charge in [-0.25, -0.2) is 8.78 Å². The number of ketones is 1. The van der Waals surface area contributed by atoms with Crippen molar-refractivity contribution in [3.8, 4) is 0 Å². The lowest BCUT2D eigenvalue weighted by Gasteiger charge is -1.96. The van der Waals surface area contributed by atoms with Gasteiger partial charge in [-0.2, -0.15) is 0 Å². The van der Waals surface area contributed by atoms with E-state index in [1.807, 2.05) is 12.3 Å². The molecule has 4 heteroatoms. The van der Waals surface area contributed by atoms with Crippen molar-refractivity contribution in [2.24, 2.45) is 0 Å². The van der Waals surface area contributed by atoms with E-state index in [1.54, 1.807) is 6.07 Å². The third-order valence-corrected chi connectivity index (χ3v) is 2.68. The third kappa shape index (κ3) is 3.22. The summed E-state index contributed by atoms with van der Waals surface area (Å²) >= 11 is 1.31. The van der Waals surface area contributed by atoms with Crippen molar-refractivity contribution in [3.63, 3.8) is 0 Å². The highest BCUT2D eigenvalue weighted by Crippen LogP contribution is 2.17. The molecule has 1 aromatic rings. The van der Waals surface area contributed by atoms with Crippen LogP contribution in [0.3, 0.4) is 0 Å². The van der Waals surface area contributed by atoms with E-state index < -0.39 is 6.43 Å². The summed E-state index contributed by atoms with van der Waals surface area (Å²) in [6.07, 6.45) is -2.78. The molecule has 0 N–H and O–H groups in total. The van der Waals surface area contributed by atoms with E-state index >= 15 is 0 Å². The Morgan fingerprint density at radius 2 is 2.31 bits per heavy atom.